The molecule has 0 saturated heterocycles. The van der Waals surface area contributed by atoms with E-state index < -0.39 is 17.2 Å². The normalized spacial score (nSPS) is 23.7. The van der Waals surface area contributed by atoms with Crippen LogP contribution in [0.25, 0.3) is 0 Å². The molecule has 1 heterocycles. The van der Waals surface area contributed by atoms with Crippen LogP contribution in [0.1, 0.15) is 87.2 Å². The summed E-state index contributed by atoms with van der Waals surface area (Å²) < 4.78 is 0. The largest absolute Gasteiger partial charge is 0.481 e. The molecule has 0 unspecified atom stereocenters. The fourth-order valence-corrected chi connectivity index (χ4v) is 6.96. The Morgan fingerprint density at radius 1 is 1.02 bits per heavy atom. The van der Waals surface area contributed by atoms with Gasteiger partial charge in [0.05, 0.1) is 12.0 Å². The molecule has 2 fully saturated rings. The molecule has 0 aromatic heterocycles. The molecule has 0 bridgehead atoms. The molecular formula is C31H35Cl2N3O4. The molecular weight excluding hydrogens is 549 g/mol. The number of nitrogens with one attached hydrogen (secondary N) is 1. The van der Waals surface area contributed by atoms with Crippen LogP contribution >= 0.6 is 23.2 Å². The van der Waals surface area contributed by atoms with Gasteiger partial charge in [-0.25, -0.2) is 0 Å². The molecule has 3 aliphatic rings. The van der Waals surface area contributed by atoms with E-state index in [0.717, 1.165) is 44.1 Å². The number of aliphatic imine (C=N–C) groups is 1. The minimum Gasteiger partial charge on any atom is -0.481 e. The highest BCUT2D eigenvalue weighted by atomic mass is 35.5. The number of carboxylic acid groups (broad SMARTS) is 1. The second kappa shape index (κ2) is 10.5. The zero-order valence-electron chi connectivity index (χ0n) is 23.1. The van der Waals surface area contributed by atoms with Crippen molar-refractivity contribution < 1.29 is 19.5 Å². The summed E-state index contributed by atoms with van der Waals surface area (Å²) >= 11 is 12.6. The lowest BCUT2D eigenvalue weighted by Gasteiger charge is -2.48. The fourth-order valence-electron chi connectivity index (χ4n) is 6.43. The van der Waals surface area contributed by atoms with E-state index in [0.29, 0.717) is 32.8 Å². The van der Waals surface area contributed by atoms with Crippen molar-refractivity contribution in [2.24, 2.45) is 16.3 Å². The topological polar surface area (TPSA) is 99.1 Å². The molecule has 0 radical (unpaired) electrons. The number of carbonyl (C=O) groups is 3. The zero-order chi connectivity index (χ0) is 28.9. The number of halogens is 2. The molecule has 2 saturated carbocycles. The van der Waals surface area contributed by atoms with Gasteiger partial charge in [0.2, 0.25) is 0 Å². The van der Waals surface area contributed by atoms with Crippen molar-refractivity contribution in [2.75, 3.05) is 6.54 Å². The van der Waals surface area contributed by atoms with E-state index in [9.17, 15) is 14.4 Å². The van der Waals surface area contributed by atoms with E-state index in [-0.39, 0.29) is 30.2 Å². The standard InChI is InChI=1S/C31H35Cl2N3O4/c1-29(2,3)21-8-11-31(12-9-21)35-26(20-16-23(32)18-24(33)17-20)28(40)36(31)30(13-14-30)22-6-4-19(5-7-22)27(39)34-15-10-25(37)38/h4-7,16-18,21H,8-15H2,1-3H3,(H,34,39)(H,37,38). The van der Waals surface area contributed by atoms with Crippen molar-refractivity contribution in [3.8, 4) is 0 Å². The third-order valence-corrected chi connectivity index (χ3v) is 9.19. The molecule has 2 aromatic carbocycles. The van der Waals surface area contributed by atoms with E-state index in [1.165, 1.54) is 0 Å². The summed E-state index contributed by atoms with van der Waals surface area (Å²) in [5.74, 6) is -0.853. The first-order valence-corrected chi connectivity index (χ1v) is 14.6. The van der Waals surface area contributed by atoms with Crippen LogP contribution in [-0.4, -0.2) is 45.7 Å². The third kappa shape index (κ3) is 5.38. The van der Waals surface area contributed by atoms with E-state index >= 15 is 0 Å². The Morgan fingerprint density at radius 3 is 2.15 bits per heavy atom. The van der Waals surface area contributed by atoms with Crippen molar-refractivity contribution in [3.63, 3.8) is 0 Å². The SMILES string of the molecule is CC(C)(C)C1CCC2(CC1)N=C(c1cc(Cl)cc(Cl)c1)C(=O)N2C1(c2ccc(C(=O)NCCC(=O)O)cc2)CC1. The highest BCUT2D eigenvalue weighted by Gasteiger charge is 2.62. The summed E-state index contributed by atoms with van der Waals surface area (Å²) in [6.07, 6.45) is 5.01. The van der Waals surface area contributed by atoms with E-state index in [1.54, 1.807) is 30.3 Å². The van der Waals surface area contributed by atoms with Crippen molar-refractivity contribution in [1.29, 1.82) is 0 Å². The Labute approximate surface area is 244 Å². The van der Waals surface area contributed by atoms with Crippen molar-refractivity contribution in [2.45, 2.75) is 76.9 Å². The van der Waals surface area contributed by atoms with Crippen molar-refractivity contribution >= 4 is 46.7 Å². The van der Waals surface area contributed by atoms with Crippen molar-refractivity contribution in [3.05, 3.63) is 69.2 Å². The Hall–Kier alpha value is -2.90. The Bertz CT molecular complexity index is 1350. The summed E-state index contributed by atoms with van der Waals surface area (Å²) in [6.45, 7) is 6.89. The highest BCUT2D eigenvalue weighted by molar-refractivity contribution is 6.48. The van der Waals surface area contributed by atoms with Gasteiger partial charge in [-0.15, -0.1) is 0 Å². The molecule has 1 spiro atoms. The quantitative estimate of drug-likeness (QED) is 0.391. The number of hydrogen-bond acceptors (Lipinski definition) is 4. The monoisotopic (exact) mass is 583 g/mol. The van der Waals surface area contributed by atoms with E-state index in [4.69, 9.17) is 33.3 Å². The van der Waals surface area contributed by atoms with Crippen LogP contribution in [0.15, 0.2) is 47.5 Å². The first-order chi connectivity index (χ1) is 18.8. The molecule has 40 heavy (non-hydrogen) atoms. The Balaban J connectivity index is 1.47. The van der Waals surface area contributed by atoms with E-state index in [2.05, 4.69) is 26.1 Å². The third-order valence-electron chi connectivity index (χ3n) is 8.75. The maximum absolute atomic E-state index is 14.3. The number of rotatable bonds is 7. The van der Waals surface area contributed by atoms with Gasteiger partial charge in [-0.1, -0.05) is 56.1 Å². The van der Waals surface area contributed by atoms with Crippen LogP contribution in [0.2, 0.25) is 10.0 Å². The molecule has 2 aliphatic carbocycles. The summed E-state index contributed by atoms with van der Waals surface area (Å²) in [7, 11) is 0. The predicted molar refractivity (Wildman–Crippen MR) is 156 cm³/mol. The van der Waals surface area contributed by atoms with Gasteiger partial charge in [-0.3, -0.25) is 19.4 Å². The number of benzene rings is 2. The lowest BCUT2D eigenvalue weighted by Crippen LogP contribution is -2.54. The van der Waals surface area contributed by atoms with Crippen LogP contribution in [-0.2, 0) is 15.1 Å². The van der Waals surface area contributed by atoms with E-state index in [1.807, 2.05) is 17.0 Å². The smallest absolute Gasteiger partial charge is 0.305 e. The van der Waals surface area contributed by atoms with Crippen molar-refractivity contribution in [1.82, 2.24) is 10.2 Å². The predicted octanol–water partition coefficient (Wildman–Crippen LogP) is 6.45. The van der Waals surface area contributed by atoms with Gasteiger partial charge in [0.25, 0.3) is 11.8 Å². The molecule has 2 aromatic rings. The van der Waals surface area contributed by atoms with Gasteiger partial charge in [-0.05, 0) is 85.8 Å². The molecule has 5 rings (SSSR count). The van der Waals surface area contributed by atoms with Gasteiger partial charge in [0.15, 0.2) is 0 Å². The first kappa shape index (κ1) is 28.6. The lowest BCUT2D eigenvalue weighted by molar-refractivity contribution is -0.137. The number of carboxylic acids is 1. The number of hydrogen-bond donors (Lipinski definition) is 2. The maximum Gasteiger partial charge on any atom is 0.305 e. The molecule has 2 amide bonds. The molecule has 2 N–H and O–H groups in total. The average Bonchev–Trinajstić information content (AvgIpc) is 3.62. The number of amides is 2. The minimum atomic E-state index is -0.964. The summed E-state index contributed by atoms with van der Waals surface area (Å²) in [6, 6.07) is 12.5. The van der Waals surface area contributed by atoms with Crippen LogP contribution in [0, 0.1) is 11.3 Å². The minimum absolute atomic E-state index is 0.0633. The Morgan fingerprint density at radius 2 is 1.62 bits per heavy atom. The Kier molecular flexibility index (Phi) is 7.51. The zero-order valence-corrected chi connectivity index (χ0v) is 24.6. The van der Waals surface area contributed by atoms with Crippen LogP contribution < -0.4 is 5.32 Å². The number of aliphatic carboxylic acids is 1. The molecule has 212 valence electrons. The van der Waals surface area contributed by atoms with Gasteiger partial charge in [0, 0.05) is 27.7 Å². The maximum atomic E-state index is 14.3. The first-order valence-electron chi connectivity index (χ1n) is 13.9. The molecule has 7 nitrogen and oxygen atoms in total. The second-order valence-corrected chi connectivity index (χ2v) is 13.3. The van der Waals surface area contributed by atoms with Gasteiger partial charge >= 0.3 is 5.97 Å². The summed E-state index contributed by atoms with van der Waals surface area (Å²) in [5.41, 5.74) is 1.49. The molecule has 1 aliphatic heterocycles. The molecule has 9 heteroatoms. The van der Waals surface area contributed by atoms with Crippen LogP contribution in [0.4, 0.5) is 0 Å². The molecule has 0 atom stereocenters. The van der Waals surface area contributed by atoms with Gasteiger partial charge in [0.1, 0.15) is 11.4 Å². The summed E-state index contributed by atoms with van der Waals surface area (Å²) in [5, 5.41) is 12.4. The number of carbonyl (C=O) groups excluding carboxylic acids is 2. The highest BCUT2D eigenvalue weighted by Crippen LogP contribution is 2.59. The van der Waals surface area contributed by atoms with Gasteiger partial charge < -0.3 is 15.3 Å². The fraction of sp³-hybridized carbons (Fsp3) is 0.484. The summed E-state index contributed by atoms with van der Waals surface area (Å²) in [4.78, 5) is 44.8. The van der Waals surface area contributed by atoms with Crippen LogP contribution in [0.5, 0.6) is 0 Å². The average molecular weight is 585 g/mol. The number of nitrogens with zero attached hydrogens (tertiary/aromatic N) is 2. The lowest BCUT2D eigenvalue weighted by atomic mass is 9.69. The second-order valence-electron chi connectivity index (χ2n) is 12.4. The van der Waals surface area contributed by atoms with Gasteiger partial charge in [-0.2, -0.15) is 0 Å². The van der Waals surface area contributed by atoms with Crippen LogP contribution in [0.3, 0.4) is 0 Å².